The lowest BCUT2D eigenvalue weighted by Gasteiger charge is -2.29. The smallest absolute Gasteiger partial charge is 0.0540 e. The van der Waals surface area contributed by atoms with Crippen LogP contribution in [0.5, 0.6) is 0 Å². The van der Waals surface area contributed by atoms with Crippen LogP contribution in [-0.4, -0.2) is 0 Å². The molecule has 0 amide bonds. The van der Waals surface area contributed by atoms with E-state index in [1.165, 1.54) is 65.7 Å². The van der Waals surface area contributed by atoms with Crippen molar-refractivity contribution in [3.8, 4) is 33.4 Å². The van der Waals surface area contributed by atoms with Gasteiger partial charge < -0.3 is 4.90 Å². The molecule has 230 valence electrons. The maximum Gasteiger partial charge on any atom is 0.0540 e. The monoisotopic (exact) mass is 623 g/mol. The molecule has 9 aromatic carbocycles. The van der Waals surface area contributed by atoms with Gasteiger partial charge in [0.05, 0.1) is 5.69 Å². The first-order valence-electron chi connectivity index (χ1n) is 16.8. The van der Waals surface area contributed by atoms with Gasteiger partial charge in [0.25, 0.3) is 0 Å². The minimum atomic E-state index is 1.11. The van der Waals surface area contributed by atoms with Crippen LogP contribution in [0.3, 0.4) is 0 Å². The van der Waals surface area contributed by atoms with E-state index in [-0.39, 0.29) is 0 Å². The molecule has 0 aliphatic rings. The van der Waals surface area contributed by atoms with Crippen LogP contribution in [-0.2, 0) is 0 Å². The van der Waals surface area contributed by atoms with E-state index in [1.54, 1.807) is 0 Å². The van der Waals surface area contributed by atoms with Crippen LogP contribution in [0.1, 0.15) is 0 Å². The Hall–Kier alpha value is -6.44. The van der Waals surface area contributed by atoms with E-state index in [0.717, 1.165) is 17.1 Å². The molecule has 0 fully saturated rings. The molecule has 0 saturated heterocycles. The van der Waals surface area contributed by atoms with Gasteiger partial charge in [-0.15, -0.1) is 0 Å². The van der Waals surface area contributed by atoms with E-state index in [1.807, 2.05) is 0 Å². The van der Waals surface area contributed by atoms with Gasteiger partial charge >= 0.3 is 0 Å². The summed E-state index contributed by atoms with van der Waals surface area (Å²) in [6, 6.07) is 72.6. The fourth-order valence-corrected chi connectivity index (χ4v) is 7.24. The highest BCUT2D eigenvalue weighted by Gasteiger charge is 2.20. The van der Waals surface area contributed by atoms with Gasteiger partial charge in [-0.05, 0) is 96.7 Å². The zero-order chi connectivity index (χ0) is 32.6. The molecular weight excluding hydrogens is 591 g/mol. The SMILES string of the molecule is c1ccc(-c2cc(-c3ccccc3)cc(N(c3ccc4ccc5ccccc5c4c3)c3ccc(-c4ccccc4)c4ccccc34)c2)cc1. The lowest BCUT2D eigenvalue weighted by Crippen LogP contribution is -2.11. The number of anilines is 3. The molecule has 0 bridgehead atoms. The summed E-state index contributed by atoms with van der Waals surface area (Å²) in [4.78, 5) is 2.46. The Kier molecular flexibility index (Phi) is 7.22. The molecule has 0 atom stereocenters. The molecule has 0 saturated carbocycles. The third-order valence-electron chi connectivity index (χ3n) is 9.61. The molecule has 9 aromatic rings. The largest absolute Gasteiger partial charge is 0.310 e. The summed E-state index contributed by atoms with van der Waals surface area (Å²) < 4.78 is 0. The van der Waals surface area contributed by atoms with Crippen molar-refractivity contribution in [2.75, 3.05) is 4.90 Å². The molecule has 0 radical (unpaired) electrons. The van der Waals surface area contributed by atoms with Crippen molar-refractivity contribution < 1.29 is 0 Å². The predicted molar refractivity (Wildman–Crippen MR) is 210 cm³/mol. The summed E-state index contributed by atoms with van der Waals surface area (Å²) in [6.45, 7) is 0. The average molecular weight is 624 g/mol. The number of benzene rings is 9. The summed E-state index contributed by atoms with van der Waals surface area (Å²) in [7, 11) is 0. The van der Waals surface area contributed by atoms with Crippen LogP contribution in [0.4, 0.5) is 17.1 Å². The van der Waals surface area contributed by atoms with Gasteiger partial charge in [-0.3, -0.25) is 0 Å². The van der Waals surface area contributed by atoms with Crippen LogP contribution >= 0.6 is 0 Å². The maximum atomic E-state index is 2.46. The second kappa shape index (κ2) is 12.3. The third-order valence-corrected chi connectivity index (χ3v) is 9.61. The van der Waals surface area contributed by atoms with Gasteiger partial charge in [0.15, 0.2) is 0 Å². The summed E-state index contributed by atoms with van der Waals surface area (Å²) in [5.74, 6) is 0. The van der Waals surface area contributed by atoms with Gasteiger partial charge in [0, 0.05) is 16.8 Å². The molecule has 0 aromatic heterocycles. The lowest BCUT2D eigenvalue weighted by molar-refractivity contribution is 1.30. The molecule has 49 heavy (non-hydrogen) atoms. The average Bonchev–Trinajstić information content (AvgIpc) is 3.19. The van der Waals surface area contributed by atoms with Gasteiger partial charge in [0.1, 0.15) is 0 Å². The third kappa shape index (κ3) is 5.32. The highest BCUT2D eigenvalue weighted by molar-refractivity contribution is 6.11. The van der Waals surface area contributed by atoms with Crippen LogP contribution in [0.25, 0.3) is 65.7 Å². The summed E-state index contributed by atoms with van der Waals surface area (Å²) >= 11 is 0. The van der Waals surface area contributed by atoms with Crippen molar-refractivity contribution in [3.63, 3.8) is 0 Å². The predicted octanol–water partition coefficient (Wildman–Crippen LogP) is 13.6. The second-order valence-corrected chi connectivity index (χ2v) is 12.6. The topological polar surface area (TPSA) is 3.24 Å². The van der Waals surface area contributed by atoms with Crippen LogP contribution in [0, 0.1) is 0 Å². The van der Waals surface area contributed by atoms with E-state index in [0.29, 0.717) is 0 Å². The fraction of sp³-hybridized carbons (Fsp3) is 0. The minimum Gasteiger partial charge on any atom is -0.310 e. The number of rotatable bonds is 6. The molecular formula is C48H33N. The first kappa shape index (κ1) is 28.8. The Morgan fingerprint density at radius 3 is 1.43 bits per heavy atom. The van der Waals surface area contributed by atoms with E-state index in [2.05, 4.69) is 205 Å². The highest BCUT2D eigenvalue weighted by Crippen LogP contribution is 2.45. The Balaban J connectivity index is 1.35. The van der Waals surface area contributed by atoms with Gasteiger partial charge in [-0.25, -0.2) is 0 Å². The molecule has 0 aliphatic heterocycles. The zero-order valence-electron chi connectivity index (χ0n) is 27.0. The molecule has 0 N–H and O–H groups in total. The van der Waals surface area contributed by atoms with Crippen molar-refractivity contribution in [1.29, 1.82) is 0 Å². The lowest BCUT2D eigenvalue weighted by atomic mass is 9.94. The summed E-state index contributed by atoms with van der Waals surface area (Å²) in [5.41, 5.74) is 10.5. The number of nitrogens with zero attached hydrogens (tertiary/aromatic N) is 1. The quantitative estimate of drug-likeness (QED) is 0.167. The molecule has 9 rings (SSSR count). The Bertz CT molecular complexity index is 2530. The summed E-state index contributed by atoms with van der Waals surface area (Å²) in [6.07, 6.45) is 0. The van der Waals surface area contributed by atoms with Crippen LogP contribution in [0.15, 0.2) is 200 Å². The fourth-order valence-electron chi connectivity index (χ4n) is 7.24. The number of hydrogen-bond acceptors (Lipinski definition) is 1. The number of fused-ring (bicyclic) bond motifs is 4. The van der Waals surface area contributed by atoms with Crippen molar-refractivity contribution in [3.05, 3.63) is 200 Å². The van der Waals surface area contributed by atoms with E-state index in [4.69, 9.17) is 0 Å². The van der Waals surface area contributed by atoms with Crippen molar-refractivity contribution >= 4 is 49.4 Å². The van der Waals surface area contributed by atoms with Crippen molar-refractivity contribution in [1.82, 2.24) is 0 Å². The Morgan fingerprint density at radius 1 is 0.265 bits per heavy atom. The Labute approximate surface area is 287 Å². The second-order valence-electron chi connectivity index (χ2n) is 12.6. The molecule has 0 heterocycles. The minimum absolute atomic E-state index is 1.11. The maximum absolute atomic E-state index is 2.46. The van der Waals surface area contributed by atoms with Crippen molar-refractivity contribution in [2.24, 2.45) is 0 Å². The van der Waals surface area contributed by atoms with Gasteiger partial charge in [-0.1, -0.05) is 164 Å². The van der Waals surface area contributed by atoms with Crippen molar-refractivity contribution in [2.45, 2.75) is 0 Å². The molecule has 0 aliphatic carbocycles. The molecule has 0 unspecified atom stereocenters. The first-order valence-corrected chi connectivity index (χ1v) is 16.8. The molecule has 1 heteroatoms. The molecule has 1 nitrogen and oxygen atoms in total. The number of hydrogen-bond donors (Lipinski definition) is 0. The molecule has 0 spiro atoms. The van der Waals surface area contributed by atoms with Gasteiger partial charge in [0.2, 0.25) is 0 Å². The van der Waals surface area contributed by atoms with E-state index in [9.17, 15) is 0 Å². The Morgan fingerprint density at radius 2 is 0.776 bits per heavy atom. The summed E-state index contributed by atoms with van der Waals surface area (Å²) in [5, 5.41) is 7.41. The standard InChI is InChI=1S/C48H33N/c1-4-14-34(15-5-1)39-30-40(35-16-6-2-7-17-35)32-42(31-39)49(41-27-26-38-25-24-37-20-10-11-21-43(37)47(38)33-41)48-29-28-44(36-18-8-3-9-19-36)45-22-12-13-23-46(45)48/h1-33H. The highest BCUT2D eigenvalue weighted by atomic mass is 15.1. The van der Waals surface area contributed by atoms with Gasteiger partial charge in [-0.2, -0.15) is 0 Å². The normalized spacial score (nSPS) is 11.3. The van der Waals surface area contributed by atoms with E-state index >= 15 is 0 Å². The first-order chi connectivity index (χ1) is 24.3. The van der Waals surface area contributed by atoms with E-state index < -0.39 is 0 Å². The van der Waals surface area contributed by atoms with Crippen LogP contribution < -0.4 is 4.90 Å². The van der Waals surface area contributed by atoms with Crippen LogP contribution in [0.2, 0.25) is 0 Å². The zero-order valence-corrected chi connectivity index (χ0v) is 27.0.